The molecule has 2 aliphatic rings. The maximum absolute atomic E-state index is 13.0. The molecule has 0 aromatic carbocycles. The molecule has 4 rings (SSSR count). The van der Waals surface area contributed by atoms with Crippen LogP contribution in [0.1, 0.15) is 38.3 Å². The smallest absolute Gasteiger partial charge is 0.282 e. The molecule has 2 fully saturated rings. The van der Waals surface area contributed by atoms with Gasteiger partial charge in [0.1, 0.15) is 6.33 Å². The van der Waals surface area contributed by atoms with Crippen LogP contribution in [-0.2, 0) is 16.6 Å². The van der Waals surface area contributed by atoms with Crippen molar-refractivity contribution in [3.63, 3.8) is 0 Å². The van der Waals surface area contributed by atoms with Gasteiger partial charge in [0, 0.05) is 39.3 Å². The Kier molecular flexibility index (Phi) is 5.29. The van der Waals surface area contributed by atoms with Crippen LogP contribution < -0.4 is 4.90 Å². The first-order valence-corrected chi connectivity index (χ1v) is 11.2. The van der Waals surface area contributed by atoms with Crippen LogP contribution in [0, 0.1) is 0 Å². The largest absolute Gasteiger partial charge is 0.367 e. The van der Waals surface area contributed by atoms with Crippen molar-refractivity contribution in [1.29, 1.82) is 0 Å². The molecule has 0 amide bonds. The van der Waals surface area contributed by atoms with Crippen LogP contribution in [0.3, 0.4) is 0 Å². The van der Waals surface area contributed by atoms with Crippen molar-refractivity contribution in [1.82, 2.24) is 28.4 Å². The van der Waals surface area contributed by atoms with Gasteiger partial charge >= 0.3 is 0 Å². The standard InChI is InChI=1S/C17H27N7O2S/c1-2-15-13-16(17-19-18-14-24(17)20-15)21-7-6-10-23(12-11-21)27(25,26)22-8-4-3-5-9-22/h13-14H,2-12H2,1H3. The van der Waals surface area contributed by atoms with Crippen LogP contribution >= 0.6 is 0 Å². The van der Waals surface area contributed by atoms with Crippen LogP contribution in [0.2, 0.25) is 0 Å². The Labute approximate surface area is 160 Å². The second-order valence-electron chi connectivity index (χ2n) is 7.18. The van der Waals surface area contributed by atoms with Gasteiger partial charge in [0.25, 0.3) is 10.2 Å². The number of aryl methyl sites for hydroxylation is 1. The van der Waals surface area contributed by atoms with E-state index in [0.29, 0.717) is 32.7 Å². The van der Waals surface area contributed by atoms with Crippen molar-refractivity contribution < 1.29 is 8.42 Å². The number of rotatable bonds is 4. The molecule has 9 nitrogen and oxygen atoms in total. The maximum Gasteiger partial charge on any atom is 0.282 e. The molecule has 2 aromatic rings. The number of nitrogens with zero attached hydrogens (tertiary/aromatic N) is 7. The zero-order valence-corrected chi connectivity index (χ0v) is 16.6. The summed E-state index contributed by atoms with van der Waals surface area (Å²) in [7, 11) is -3.36. The van der Waals surface area contributed by atoms with Crippen LogP contribution in [0.15, 0.2) is 12.4 Å². The summed E-state index contributed by atoms with van der Waals surface area (Å²) < 4.78 is 31.0. The second kappa shape index (κ2) is 7.69. The Balaban J connectivity index is 1.54. The fourth-order valence-corrected chi connectivity index (χ4v) is 5.61. The second-order valence-corrected chi connectivity index (χ2v) is 9.11. The number of piperidine rings is 1. The van der Waals surface area contributed by atoms with Crippen LogP contribution in [0.25, 0.3) is 5.65 Å². The van der Waals surface area contributed by atoms with Gasteiger partial charge in [0.15, 0.2) is 0 Å². The number of anilines is 1. The van der Waals surface area contributed by atoms with E-state index in [1.165, 1.54) is 0 Å². The quantitative estimate of drug-likeness (QED) is 0.768. The van der Waals surface area contributed by atoms with Gasteiger partial charge in [-0.05, 0) is 31.7 Å². The Bertz CT molecular complexity index is 892. The van der Waals surface area contributed by atoms with Gasteiger partial charge in [-0.1, -0.05) is 13.3 Å². The van der Waals surface area contributed by atoms with Crippen molar-refractivity contribution in [2.75, 3.05) is 44.2 Å². The molecule has 10 heteroatoms. The molecular weight excluding hydrogens is 366 g/mol. The third kappa shape index (κ3) is 3.65. The molecule has 148 valence electrons. The monoisotopic (exact) mass is 393 g/mol. The average Bonchev–Trinajstić information content (AvgIpc) is 3.03. The molecule has 0 N–H and O–H groups in total. The van der Waals surface area contributed by atoms with E-state index in [4.69, 9.17) is 0 Å². The first-order valence-electron chi connectivity index (χ1n) is 9.79. The average molecular weight is 394 g/mol. The van der Waals surface area contributed by atoms with Crippen molar-refractivity contribution in [3.05, 3.63) is 18.1 Å². The third-order valence-electron chi connectivity index (χ3n) is 5.42. The van der Waals surface area contributed by atoms with E-state index < -0.39 is 10.2 Å². The number of fused-ring (bicyclic) bond motifs is 1. The van der Waals surface area contributed by atoms with Crippen LogP contribution in [0.4, 0.5) is 5.69 Å². The number of hydrogen-bond acceptors (Lipinski definition) is 6. The lowest BCUT2D eigenvalue weighted by Gasteiger charge is -2.31. The summed E-state index contributed by atoms with van der Waals surface area (Å²) in [4.78, 5) is 2.22. The topological polar surface area (TPSA) is 86.9 Å². The van der Waals surface area contributed by atoms with E-state index in [2.05, 4.69) is 33.2 Å². The lowest BCUT2D eigenvalue weighted by molar-refractivity contribution is 0.307. The van der Waals surface area contributed by atoms with Gasteiger partial charge in [-0.2, -0.15) is 26.6 Å². The number of hydrogen-bond donors (Lipinski definition) is 0. The molecule has 0 aliphatic carbocycles. The Morgan fingerprint density at radius 2 is 1.70 bits per heavy atom. The van der Waals surface area contributed by atoms with E-state index in [0.717, 1.165) is 55.7 Å². The van der Waals surface area contributed by atoms with Gasteiger partial charge in [0.2, 0.25) is 5.65 Å². The van der Waals surface area contributed by atoms with Crippen molar-refractivity contribution >= 4 is 21.5 Å². The molecule has 27 heavy (non-hydrogen) atoms. The third-order valence-corrected chi connectivity index (χ3v) is 7.46. The minimum atomic E-state index is -3.36. The summed E-state index contributed by atoms with van der Waals surface area (Å²) in [6.45, 7) is 5.84. The predicted molar refractivity (Wildman–Crippen MR) is 103 cm³/mol. The molecule has 2 aliphatic heterocycles. The zero-order chi connectivity index (χ0) is 18.9. The highest BCUT2D eigenvalue weighted by molar-refractivity contribution is 7.86. The minimum Gasteiger partial charge on any atom is -0.367 e. The molecule has 0 unspecified atom stereocenters. The normalized spacial score (nSPS) is 20.9. The summed E-state index contributed by atoms with van der Waals surface area (Å²) in [6, 6.07) is 2.05. The summed E-state index contributed by atoms with van der Waals surface area (Å²) >= 11 is 0. The van der Waals surface area contributed by atoms with Gasteiger partial charge < -0.3 is 4.90 Å². The SMILES string of the molecule is CCc1cc(N2CCCN(S(=O)(=O)N3CCCCC3)CC2)c2nncn2n1. The van der Waals surface area contributed by atoms with E-state index in [1.54, 1.807) is 19.5 Å². The lowest BCUT2D eigenvalue weighted by Crippen LogP contribution is -2.47. The fraction of sp³-hybridized carbons (Fsp3) is 0.706. The zero-order valence-electron chi connectivity index (χ0n) is 15.8. The first kappa shape index (κ1) is 18.6. The predicted octanol–water partition coefficient (Wildman–Crippen LogP) is 0.929. The molecule has 0 saturated carbocycles. The Hall–Kier alpha value is -1.78. The number of aromatic nitrogens is 4. The molecule has 4 heterocycles. The van der Waals surface area contributed by atoms with Crippen molar-refractivity contribution in [2.45, 2.75) is 39.0 Å². The summed E-state index contributed by atoms with van der Waals surface area (Å²) in [6.07, 6.45) is 6.27. The maximum atomic E-state index is 13.0. The lowest BCUT2D eigenvalue weighted by atomic mass is 10.2. The van der Waals surface area contributed by atoms with E-state index in [1.807, 2.05) is 0 Å². The van der Waals surface area contributed by atoms with E-state index >= 15 is 0 Å². The van der Waals surface area contributed by atoms with Gasteiger partial charge in [-0.25, -0.2) is 0 Å². The van der Waals surface area contributed by atoms with Gasteiger partial charge in [-0.15, -0.1) is 10.2 Å². The van der Waals surface area contributed by atoms with E-state index in [-0.39, 0.29) is 0 Å². The molecule has 0 spiro atoms. The molecule has 2 aromatic heterocycles. The summed E-state index contributed by atoms with van der Waals surface area (Å²) in [5.41, 5.74) is 2.68. The Morgan fingerprint density at radius 1 is 0.963 bits per heavy atom. The highest BCUT2D eigenvalue weighted by Gasteiger charge is 2.32. The van der Waals surface area contributed by atoms with Crippen molar-refractivity contribution in [2.24, 2.45) is 0 Å². The molecule has 0 radical (unpaired) electrons. The summed E-state index contributed by atoms with van der Waals surface area (Å²) in [5.74, 6) is 0. The highest BCUT2D eigenvalue weighted by atomic mass is 32.2. The van der Waals surface area contributed by atoms with Crippen molar-refractivity contribution in [3.8, 4) is 0 Å². The first-order chi connectivity index (χ1) is 13.1. The molecular formula is C17H27N7O2S. The van der Waals surface area contributed by atoms with Crippen LogP contribution in [0.5, 0.6) is 0 Å². The molecule has 0 bridgehead atoms. The highest BCUT2D eigenvalue weighted by Crippen LogP contribution is 2.24. The van der Waals surface area contributed by atoms with Gasteiger partial charge in [0.05, 0.1) is 11.4 Å². The minimum absolute atomic E-state index is 0.489. The molecule has 2 saturated heterocycles. The summed E-state index contributed by atoms with van der Waals surface area (Å²) in [5, 5.41) is 12.7. The van der Waals surface area contributed by atoms with Crippen LogP contribution in [-0.4, -0.2) is 76.1 Å². The Morgan fingerprint density at radius 3 is 2.48 bits per heavy atom. The fourth-order valence-electron chi connectivity index (χ4n) is 3.89. The molecule has 0 atom stereocenters. The van der Waals surface area contributed by atoms with Gasteiger partial charge in [-0.3, -0.25) is 0 Å². The van der Waals surface area contributed by atoms with E-state index in [9.17, 15) is 8.42 Å².